The van der Waals surface area contributed by atoms with Crippen LogP contribution >= 0.6 is 0 Å². The standard InChI is InChI=1S/C19H27N3O2/c1-21(2)17(23)16-8-6-7-15(11-16)12-20-18(24)22-13-19(14-22)9-4-3-5-10-19/h6-8,11H,3-5,9-10,12-14H2,1-2H3,(H,20,24). The largest absolute Gasteiger partial charge is 0.345 e. The summed E-state index contributed by atoms with van der Waals surface area (Å²) in [5.74, 6) is -0.0230. The Labute approximate surface area is 144 Å². The van der Waals surface area contributed by atoms with Crippen LogP contribution in [-0.4, -0.2) is 48.9 Å². The van der Waals surface area contributed by atoms with Gasteiger partial charge in [0, 0.05) is 44.7 Å². The quantitative estimate of drug-likeness (QED) is 0.927. The maximum absolute atomic E-state index is 12.3. The predicted molar refractivity (Wildman–Crippen MR) is 93.8 cm³/mol. The molecule has 1 aromatic carbocycles. The molecule has 1 spiro atoms. The molecule has 1 saturated carbocycles. The molecule has 5 nitrogen and oxygen atoms in total. The van der Waals surface area contributed by atoms with E-state index < -0.39 is 0 Å². The molecule has 2 fully saturated rings. The Morgan fingerprint density at radius 3 is 2.54 bits per heavy atom. The van der Waals surface area contributed by atoms with Crippen molar-refractivity contribution in [2.75, 3.05) is 27.2 Å². The van der Waals surface area contributed by atoms with Gasteiger partial charge in [-0.2, -0.15) is 0 Å². The third-order valence-corrected chi connectivity index (χ3v) is 5.28. The van der Waals surface area contributed by atoms with Gasteiger partial charge in [0.2, 0.25) is 0 Å². The Hall–Kier alpha value is -2.04. The zero-order valence-corrected chi connectivity index (χ0v) is 14.7. The lowest BCUT2D eigenvalue weighted by Crippen LogP contribution is -2.61. The highest BCUT2D eigenvalue weighted by Crippen LogP contribution is 2.43. The molecule has 24 heavy (non-hydrogen) atoms. The number of likely N-dealkylation sites (tertiary alicyclic amines) is 1. The minimum atomic E-state index is -0.0230. The Morgan fingerprint density at radius 1 is 1.17 bits per heavy atom. The van der Waals surface area contributed by atoms with Crippen molar-refractivity contribution in [2.45, 2.75) is 38.6 Å². The van der Waals surface area contributed by atoms with Crippen LogP contribution in [-0.2, 0) is 6.54 Å². The van der Waals surface area contributed by atoms with E-state index in [1.165, 1.54) is 32.1 Å². The van der Waals surface area contributed by atoms with E-state index in [1.54, 1.807) is 25.1 Å². The Balaban J connectivity index is 1.50. The molecule has 0 bridgehead atoms. The molecule has 1 aliphatic heterocycles. The summed E-state index contributed by atoms with van der Waals surface area (Å²) in [5, 5.41) is 2.98. The van der Waals surface area contributed by atoms with Gasteiger partial charge in [0.05, 0.1) is 0 Å². The number of hydrogen-bond acceptors (Lipinski definition) is 2. The number of rotatable bonds is 3. The lowest BCUT2D eigenvalue weighted by Gasteiger charge is -2.52. The number of amides is 3. The molecule has 5 heteroatoms. The number of nitrogens with one attached hydrogen (secondary N) is 1. The molecule has 1 aromatic rings. The van der Waals surface area contributed by atoms with E-state index in [1.807, 2.05) is 23.1 Å². The average molecular weight is 329 g/mol. The second-order valence-electron chi connectivity index (χ2n) is 7.48. The molecule has 1 saturated heterocycles. The van der Waals surface area contributed by atoms with Crippen LogP contribution in [0, 0.1) is 5.41 Å². The van der Waals surface area contributed by atoms with Crippen LogP contribution in [0.5, 0.6) is 0 Å². The lowest BCUT2D eigenvalue weighted by atomic mass is 9.69. The van der Waals surface area contributed by atoms with Crippen molar-refractivity contribution in [1.82, 2.24) is 15.1 Å². The fourth-order valence-corrected chi connectivity index (χ4v) is 3.89. The van der Waals surface area contributed by atoms with Gasteiger partial charge in [-0.25, -0.2) is 4.79 Å². The van der Waals surface area contributed by atoms with Gasteiger partial charge >= 0.3 is 6.03 Å². The van der Waals surface area contributed by atoms with E-state index >= 15 is 0 Å². The molecule has 3 amide bonds. The third kappa shape index (κ3) is 3.55. The number of carbonyl (C=O) groups is 2. The van der Waals surface area contributed by atoms with Crippen LogP contribution in [0.3, 0.4) is 0 Å². The van der Waals surface area contributed by atoms with E-state index in [4.69, 9.17) is 0 Å². The van der Waals surface area contributed by atoms with Crippen LogP contribution in [0.2, 0.25) is 0 Å². The minimum Gasteiger partial charge on any atom is -0.345 e. The van der Waals surface area contributed by atoms with Crippen molar-refractivity contribution >= 4 is 11.9 Å². The van der Waals surface area contributed by atoms with E-state index in [-0.39, 0.29) is 11.9 Å². The van der Waals surface area contributed by atoms with Crippen molar-refractivity contribution in [1.29, 1.82) is 0 Å². The van der Waals surface area contributed by atoms with Crippen LogP contribution in [0.25, 0.3) is 0 Å². The second-order valence-corrected chi connectivity index (χ2v) is 7.48. The van der Waals surface area contributed by atoms with Gasteiger partial charge in [-0.1, -0.05) is 31.4 Å². The van der Waals surface area contributed by atoms with Crippen LogP contribution in [0.1, 0.15) is 48.0 Å². The first kappa shape index (κ1) is 16.8. The summed E-state index contributed by atoms with van der Waals surface area (Å²) in [6.07, 6.45) is 6.50. The number of carbonyl (C=O) groups excluding carboxylic acids is 2. The summed E-state index contributed by atoms with van der Waals surface area (Å²) in [6.45, 7) is 2.26. The van der Waals surface area contributed by atoms with Crippen LogP contribution in [0.15, 0.2) is 24.3 Å². The SMILES string of the molecule is CN(C)C(=O)c1cccc(CNC(=O)N2CC3(CCCCC3)C2)c1. The number of benzene rings is 1. The topological polar surface area (TPSA) is 52.7 Å². The lowest BCUT2D eigenvalue weighted by molar-refractivity contribution is 0.000803. The molecule has 0 atom stereocenters. The highest BCUT2D eigenvalue weighted by molar-refractivity contribution is 5.94. The summed E-state index contributed by atoms with van der Waals surface area (Å²) < 4.78 is 0. The Bertz CT molecular complexity index is 613. The molecule has 0 aromatic heterocycles. The second kappa shape index (κ2) is 6.83. The Kier molecular flexibility index (Phi) is 4.78. The number of hydrogen-bond donors (Lipinski definition) is 1. The zero-order chi connectivity index (χ0) is 17.2. The molecule has 0 radical (unpaired) electrons. The normalized spacial score (nSPS) is 18.8. The zero-order valence-electron chi connectivity index (χ0n) is 14.7. The molecule has 1 N–H and O–H groups in total. The summed E-state index contributed by atoms with van der Waals surface area (Å²) in [5.41, 5.74) is 2.01. The number of urea groups is 1. The molecular formula is C19H27N3O2. The van der Waals surface area contributed by atoms with Crippen molar-refractivity contribution in [3.8, 4) is 0 Å². The van der Waals surface area contributed by atoms with Gasteiger partial charge in [-0.15, -0.1) is 0 Å². The monoisotopic (exact) mass is 329 g/mol. The molecule has 1 heterocycles. The van der Waals surface area contributed by atoms with Crippen molar-refractivity contribution in [2.24, 2.45) is 5.41 Å². The van der Waals surface area contributed by atoms with Gasteiger partial charge < -0.3 is 15.1 Å². The Morgan fingerprint density at radius 2 is 1.88 bits per heavy atom. The summed E-state index contributed by atoms with van der Waals surface area (Å²) in [7, 11) is 3.48. The molecule has 3 rings (SSSR count). The molecular weight excluding hydrogens is 302 g/mol. The van der Waals surface area contributed by atoms with E-state index in [9.17, 15) is 9.59 Å². The van der Waals surface area contributed by atoms with Gasteiger partial charge in [-0.05, 0) is 30.5 Å². The third-order valence-electron chi connectivity index (χ3n) is 5.28. The fourth-order valence-electron chi connectivity index (χ4n) is 3.89. The van der Waals surface area contributed by atoms with E-state index in [0.717, 1.165) is 18.7 Å². The first-order valence-electron chi connectivity index (χ1n) is 8.83. The molecule has 1 aliphatic carbocycles. The molecule has 2 aliphatic rings. The van der Waals surface area contributed by atoms with Crippen LogP contribution < -0.4 is 5.32 Å². The molecule has 0 unspecified atom stereocenters. The first-order valence-corrected chi connectivity index (χ1v) is 8.83. The smallest absolute Gasteiger partial charge is 0.317 e. The minimum absolute atomic E-state index is 0.00976. The molecule has 130 valence electrons. The highest BCUT2D eigenvalue weighted by atomic mass is 16.2. The van der Waals surface area contributed by atoms with Crippen molar-refractivity contribution < 1.29 is 9.59 Å². The van der Waals surface area contributed by atoms with Gasteiger partial charge in [-0.3, -0.25) is 4.79 Å². The van der Waals surface area contributed by atoms with E-state index in [2.05, 4.69) is 5.32 Å². The van der Waals surface area contributed by atoms with E-state index in [0.29, 0.717) is 17.5 Å². The summed E-state index contributed by atoms with van der Waals surface area (Å²) in [4.78, 5) is 27.8. The maximum atomic E-state index is 12.3. The maximum Gasteiger partial charge on any atom is 0.317 e. The fraction of sp³-hybridized carbons (Fsp3) is 0.579. The predicted octanol–water partition coefficient (Wildman–Crippen LogP) is 2.86. The summed E-state index contributed by atoms with van der Waals surface area (Å²) in [6, 6.07) is 7.46. The van der Waals surface area contributed by atoms with Crippen molar-refractivity contribution in [3.05, 3.63) is 35.4 Å². The number of nitrogens with zero attached hydrogens (tertiary/aromatic N) is 2. The van der Waals surface area contributed by atoms with Gasteiger partial charge in [0.15, 0.2) is 0 Å². The first-order chi connectivity index (χ1) is 11.5. The van der Waals surface area contributed by atoms with Crippen molar-refractivity contribution in [3.63, 3.8) is 0 Å². The van der Waals surface area contributed by atoms with Gasteiger partial charge in [0.1, 0.15) is 0 Å². The van der Waals surface area contributed by atoms with Gasteiger partial charge in [0.25, 0.3) is 5.91 Å². The highest BCUT2D eigenvalue weighted by Gasteiger charge is 2.45. The summed E-state index contributed by atoms with van der Waals surface area (Å²) >= 11 is 0. The van der Waals surface area contributed by atoms with Crippen LogP contribution in [0.4, 0.5) is 4.79 Å². The average Bonchev–Trinajstić information content (AvgIpc) is 2.57.